The molecular weight excluding hydrogens is 246 g/mol. The average molecular weight is 266 g/mol. The molecule has 104 valence electrons. The van der Waals surface area contributed by atoms with E-state index < -0.39 is 11.6 Å². The highest BCUT2D eigenvalue weighted by atomic mass is 19.2. The summed E-state index contributed by atoms with van der Waals surface area (Å²) >= 11 is 0. The average Bonchev–Trinajstić information content (AvgIpc) is 2.89. The number of halogens is 2. The van der Waals surface area contributed by atoms with Gasteiger partial charge in [-0.3, -0.25) is 4.90 Å². The topological polar surface area (TPSA) is 15.3 Å². The van der Waals surface area contributed by atoms with E-state index >= 15 is 0 Å². The fourth-order valence-electron chi connectivity index (χ4n) is 3.55. The van der Waals surface area contributed by atoms with Crippen molar-refractivity contribution in [1.29, 1.82) is 0 Å². The van der Waals surface area contributed by atoms with Crippen LogP contribution in [0.2, 0.25) is 0 Å². The molecule has 3 rings (SSSR count). The molecule has 0 spiro atoms. The third-order valence-electron chi connectivity index (χ3n) is 4.64. The lowest BCUT2D eigenvalue weighted by Crippen LogP contribution is -2.46. The molecule has 2 fully saturated rings. The molecule has 1 aromatic rings. The SMILES string of the molecule is CC(c1ccc(F)c(F)c1)N1CCCC2CNCC21. The summed E-state index contributed by atoms with van der Waals surface area (Å²) in [7, 11) is 0. The molecule has 4 heteroatoms. The maximum absolute atomic E-state index is 13.4. The number of fused-ring (bicyclic) bond motifs is 1. The molecule has 0 saturated carbocycles. The number of nitrogens with one attached hydrogen (secondary N) is 1. The van der Waals surface area contributed by atoms with Crippen molar-refractivity contribution in [1.82, 2.24) is 10.2 Å². The quantitative estimate of drug-likeness (QED) is 0.885. The third kappa shape index (κ3) is 2.39. The number of hydrogen-bond acceptors (Lipinski definition) is 2. The Balaban J connectivity index is 1.82. The Morgan fingerprint density at radius 1 is 1.26 bits per heavy atom. The molecule has 0 aliphatic carbocycles. The highest BCUT2D eigenvalue weighted by Gasteiger charge is 2.37. The number of nitrogens with zero attached hydrogens (tertiary/aromatic N) is 1. The summed E-state index contributed by atoms with van der Waals surface area (Å²) in [5, 5.41) is 3.45. The van der Waals surface area contributed by atoms with E-state index in [0.717, 1.165) is 25.2 Å². The predicted octanol–water partition coefficient (Wildman–Crippen LogP) is 2.71. The molecule has 1 N–H and O–H groups in total. The van der Waals surface area contributed by atoms with Crippen LogP contribution in [0, 0.1) is 17.6 Å². The van der Waals surface area contributed by atoms with E-state index in [0.29, 0.717) is 12.0 Å². The van der Waals surface area contributed by atoms with Crippen molar-refractivity contribution >= 4 is 0 Å². The Kier molecular flexibility index (Phi) is 3.54. The summed E-state index contributed by atoms with van der Waals surface area (Å²) in [6, 6.07) is 4.95. The van der Waals surface area contributed by atoms with Crippen molar-refractivity contribution in [2.75, 3.05) is 19.6 Å². The first-order valence-corrected chi connectivity index (χ1v) is 7.08. The zero-order valence-corrected chi connectivity index (χ0v) is 11.2. The van der Waals surface area contributed by atoms with Crippen LogP contribution < -0.4 is 5.32 Å². The molecular formula is C15H20F2N2. The molecule has 19 heavy (non-hydrogen) atoms. The molecule has 0 radical (unpaired) electrons. The zero-order chi connectivity index (χ0) is 13.4. The first-order chi connectivity index (χ1) is 9.16. The Morgan fingerprint density at radius 3 is 2.89 bits per heavy atom. The van der Waals surface area contributed by atoms with Crippen LogP contribution >= 0.6 is 0 Å². The van der Waals surface area contributed by atoms with Gasteiger partial charge in [-0.25, -0.2) is 8.78 Å². The second-order valence-electron chi connectivity index (χ2n) is 5.72. The highest BCUT2D eigenvalue weighted by Crippen LogP contribution is 2.33. The van der Waals surface area contributed by atoms with Gasteiger partial charge < -0.3 is 5.32 Å². The lowest BCUT2D eigenvalue weighted by Gasteiger charge is -2.41. The number of benzene rings is 1. The summed E-state index contributed by atoms with van der Waals surface area (Å²) < 4.78 is 26.4. The predicted molar refractivity (Wildman–Crippen MR) is 70.9 cm³/mol. The van der Waals surface area contributed by atoms with Gasteiger partial charge in [0, 0.05) is 18.6 Å². The van der Waals surface area contributed by atoms with Gasteiger partial charge in [0.25, 0.3) is 0 Å². The van der Waals surface area contributed by atoms with Crippen molar-refractivity contribution in [3.05, 3.63) is 35.4 Å². The fraction of sp³-hybridized carbons (Fsp3) is 0.600. The Labute approximate surface area is 112 Å². The standard InChI is InChI=1S/C15H20F2N2/c1-10(11-4-5-13(16)14(17)7-11)19-6-2-3-12-8-18-9-15(12)19/h4-5,7,10,12,15,18H,2-3,6,8-9H2,1H3. The Hall–Kier alpha value is -1.00. The molecule has 1 aromatic carbocycles. The second-order valence-corrected chi connectivity index (χ2v) is 5.72. The molecule has 2 saturated heterocycles. The Morgan fingerprint density at radius 2 is 2.11 bits per heavy atom. The van der Waals surface area contributed by atoms with Crippen molar-refractivity contribution in [3.8, 4) is 0 Å². The molecule has 0 amide bonds. The second kappa shape index (κ2) is 5.17. The first-order valence-electron chi connectivity index (χ1n) is 7.08. The molecule has 2 nitrogen and oxygen atoms in total. The monoisotopic (exact) mass is 266 g/mol. The van der Waals surface area contributed by atoms with Gasteiger partial charge in [-0.1, -0.05) is 6.07 Å². The smallest absolute Gasteiger partial charge is 0.159 e. The van der Waals surface area contributed by atoms with Gasteiger partial charge in [0.2, 0.25) is 0 Å². The van der Waals surface area contributed by atoms with E-state index in [-0.39, 0.29) is 6.04 Å². The summed E-state index contributed by atoms with van der Waals surface area (Å²) in [5.74, 6) is -0.807. The third-order valence-corrected chi connectivity index (χ3v) is 4.64. The van der Waals surface area contributed by atoms with E-state index in [1.807, 2.05) is 0 Å². The lowest BCUT2D eigenvalue weighted by molar-refractivity contribution is 0.0845. The van der Waals surface area contributed by atoms with E-state index in [4.69, 9.17) is 0 Å². The summed E-state index contributed by atoms with van der Waals surface area (Å²) in [6.45, 7) is 5.24. The summed E-state index contributed by atoms with van der Waals surface area (Å²) in [5.41, 5.74) is 0.867. The van der Waals surface area contributed by atoms with E-state index in [9.17, 15) is 8.78 Å². The van der Waals surface area contributed by atoms with Crippen LogP contribution in [0.4, 0.5) is 8.78 Å². The van der Waals surface area contributed by atoms with Crippen LogP contribution in [0.3, 0.4) is 0 Å². The van der Waals surface area contributed by atoms with E-state index in [1.54, 1.807) is 6.07 Å². The van der Waals surface area contributed by atoms with Crippen molar-refractivity contribution < 1.29 is 8.78 Å². The fourth-order valence-corrected chi connectivity index (χ4v) is 3.55. The highest BCUT2D eigenvalue weighted by molar-refractivity contribution is 5.21. The normalized spacial score (nSPS) is 29.2. The molecule has 2 aliphatic heterocycles. The van der Waals surface area contributed by atoms with Crippen LogP contribution in [-0.2, 0) is 0 Å². The van der Waals surface area contributed by atoms with E-state index in [2.05, 4.69) is 17.1 Å². The van der Waals surface area contributed by atoms with Crippen molar-refractivity contribution in [2.24, 2.45) is 5.92 Å². The van der Waals surface area contributed by atoms with E-state index in [1.165, 1.54) is 25.0 Å². The van der Waals surface area contributed by atoms with Gasteiger partial charge in [0.15, 0.2) is 11.6 Å². The van der Waals surface area contributed by atoms with Crippen LogP contribution in [0.25, 0.3) is 0 Å². The van der Waals surface area contributed by atoms with Gasteiger partial charge in [-0.15, -0.1) is 0 Å². The number of piperidine rings is 1. The molecule has 0 aromatic heterocycles. The van der Waals surface area contributed by atoms with Gasteiger partial charge >= 0.3 is 0 Å². The molecule has 0 bridgehead atoms. The van der Waals surface area contributed by atoms with Gasteiger partial charge in [-0.05, 0) is 56.5 Å². The summed E-state index contributed by atoms with van der Waals surface area (Å²) in [4.78, 5) is 2.45. The van der Waals surface area contributed by atoms with Crippen LogP contribution in [0.5, 0.6) is 0 Å². The van der Waals surface area contributed by atoms with Crippen LogP contribution in [0.15, 0.2) is 18.2 Å². The van der Waals surface area contributed by atoms with Gasteiger partial charge in [0.1, 0.15) is 0 Å². The largest absolute Gasteiger partial charge is 0.315 e. The van der Waals surface area contributed by atoms with Crippen LogP contribution in [0.1, 0.15) is 31.4 Å². The molecule has 3 atom stereocenters. The van der Waals surface area contributed by atoms with Gasteiger partial charge in [-0.2, -0.15) is 0 Å². The minimum atomic E-state index is -0.769. The lowest BCUT2D eigenvalue weighted by atomic mass is 9.89. The Bertz CT molecular complexity index is 463. The van der Waals surface area contributed by atoms with Crippen molar-refractivity contribution in [3.63, 3.8) is 0 Å². The summed E-state index contributed by atoms with van der Waals surface area (Å²) in [6.07, 6.45) is 2.47. The zero-order valence-electron chi connectivity index (χ0n) is 11.2. The minimum absolute atomic E-state index is 0.141. The maximum atomic E-state index is 13.4. The molecule has 2 heterocycles. The molecule has 3 unspecified atom stereocenters. The molecule has 2 aliphatic rings. The maximum Gasteiger partial charge on any atom is 0.159 e. The number of hydrogen-bond donors (Lipinski definition) is 1. The minimum Gasteiger partial charge on any atom is -0.315 e. The van der Waals surface area contributed by atoms with Crippen LogP contribution in [-0.4, -0.2) is 30.6 Å². The van der Waals surface area contributed by atoms with Gasteiger partial charge in [0.05, 0.1) is 0 Å². The first kappa shape index (κ1) is 13.0. The number of rotatable bonds is 2. The number of likely N-dealkylation sites (tertiary alicyclic amines) is 1. The van der Waals surface area contributed by atoms with Crippen molar-refractivity contribution in [2.45, 2.75) is 31.8 Å².